The number of non-ortho nitro benzene ring substituents is 5. The molecule has 0 aliphatic heterocycles. The molecule has 0 aliphatic carbocycles. The topological polar surface area (TPSA) is 607 Å². The van der Waals surface area contributed by atoms with Crippen LogP contribution >= 0.6 is 24.8 Å². The molecule has 8 rings (SSSR count). The molecule has 764 valence electrons. The van der Waals surface area contributed by atoms with E-state index >= 15 is 0 Å². The van der Waals surface area contributed by atoms with Crippen LogP contribution in [0.1, 0.15) is 179 Å². The highest BCUT2D eigenvalue weighted by atomic mass is 32.2. The van der Waals surface area contributed by atoms with Crippen LogP contribution in [-0.2, 0) is 87.0 Å². The molecule has 0 unspecified atom stereocenters. The average molecular weight is 2100 g/mol. The predicted molar refractivity (Wildman–Crippen MR) is 535 cm³/mol. The Bertz CT molecular complexity index is 5890. The van der Waals surface area contributed by atoms with Gasteiger partial charge >= 0.3 is 0 Å². The van der Waals surface area contributed by atoms with Gasteiger partial charge in [-0.2, -0.15) is 22.0 Å². The Balaban J connectivity index is -0.00000150. The minimum atomic E-state index is -3.69. The van der Waals surface area contributed by atoms with Crippen LogP contribution in [0, 0.1) is 85.1 Å². The smallest absolute Gasteiger partial charge is 0.285 e. The number of nitro groups is 5. The number of nitrogens with zero attached hydrogens (tertiary/aromatic N) is 8. The molecule has 8 aromatic rings. The third-order valence-electron chi connectivity index (χ3n) is 16.9. The monoisotopic (exact) mass is 2090 g/mol. The molecule has 1 amide bonds. The second kappa shape index (κ2) is 59.3. The number of rotatable bonds is 26. The fourth-order valence-corrected chi connectivity index (χ4v) is 13.8. The molecule has 0 saturated carbocycles. The Hall–Kier alpha value is -11.1. The van der Waals surface area contributed by atoms with Crippen molar-refractivity contribution in [2.75, 3.05) is 51.8 Å². The lowest BCUT2D eigenvalue weighted by molar-refractivity contribution is -0.385. The van der Waals surface area contributed by atoms with Crippen LogP contribution < -0.4 is 35.5 Å². The van der Waals surface area contributed by atoms with E-state index in [9.17, 15) is 120 Å². The maximum absolute atomic E-state index is 14.4. The van der Waals surface area contributed by atoms with E-state index in [-0.39, 0.29) is 94.3 Å². The molecule has 0 heterocycles. The van der Waals surface area contributed by atoms with E-state index in [1.165, 1.54) is 52.2 Å². The largest absolute Gasteiger partial charge is 0.497 e. The van der Waals surface area contributed by atoms with Crippen LogP contribution in [0.5, 0.6) is 11.5 Å². The molecule has 8 aromatic carbocycles. The standard InChI is InChI=1S/C15H23FN2O5S2.C12H15FN2O3S.C10H14FN3O4S.C10H15NO3S.C8H7FN2O2.C8H6FNO3.C8H5NOS.C8H11NO.C4H11NOS.C4H10S.H2O/c1-6-25(22,23)10-15(5,17-24(21)14(2,3)4)12-9-11(18(19)20)7-8-13(12)16;1-8(14-19(18)12(2,3)4)10-7-9(15(16)17)5-6-11(10)13;1-10(12,6-19(17,18)13-2)8-5-7(14(15)16)3-4-9(8)11;1-11(15(3,12)13)8-9-4-6-10(14-2)7-5-9;1-5(10)7-4-6(11(12)13)2-3-8(7)9;1-5(11)7-4-6(10(12)13)2-3-8(7)9;10-8(9-6-11)7-4-2-1-3-5-7;1-10-8-4-2-7(6-9)3-5-8;1-4(2,3)7(5)6;1-4(2,3)5;/h7-9,17H,6,10H2,1-5H3;5-7H,1-4H3;3-5,13H,6,12H2,1-2H3;4-7H,8H2,1-3H3;2-4,10H,1H3;2-4H,1H3;1-5H;2-5H,6,9H2,1H3;5H2,1-3H3;5H,1-3H3;1H2/t15-,24+;19-;10-;;;;;;7-;;/m010.....1../s1. The molecular formula is C87H119F5N14O24S8. The quantitative estimate of drug-likeness (QED) is 0.00503. The third kappa shape index (κ3) is 51.0. The summed E-state index contributed by atoms with van der Waals surface area (Å²) < 4.78 is 190. The number of isothiocyanates is 1. The second-order valence-corrected chi connectivity index (χ2v) is 46.7. The van der Waals surface area contributed by atoms with E-state index in [4.69, 9.17) is 31.5 Å². The van der Waals surface area contributed by atoms with E-state index in [1.54, 1.807) is 87.1 Å². The van der Waals surface area contributed by atoms with Crippen molar-refractivity contribution in [3.8, 4) is 11.5 Å². The van der Waals surface area contributed by atoms with Crippen LogP contribution in [0.4, 0.5) is 50.4 Å². The first-order valence-corrected chi connectivity index (χ1v) is 49.5. The van der Waals surface area contributed by atoms with Crippen molar-refractivity contribution in [1.29, 1.82) is 5.41 Å². The number of nitrogens with two attached hydrogens (primary N) is 3. The lowest BCUT2D eigenvalue weighted by Gasteiger charge is -2.33. The minimum Gasteiger partial charge on any atom is -0.497 e. The summed E-state index contributed by atoms with van der Waals surface area (Å²) in [5, 5.41) is 67.1. The molecular weight excluding hydrogens is 1980 g/mol. The maximum atomic E-state index is 14.4. The number of nitro benzene ring substituents is 5. The first-order valence-electron chi connectivity index (χ1n) is 39.8. The number of methoxy groups -OCH3 is 2. The summed E-state index contributed by atoms with van der Waals surface area (Å²) in [4.78, 5) is 74.6. The number of halogens is 5. The molecule has 38 nitrogen and oxygen atoms in total. The summed E-state index contributed by atoms with van der Waals surface area (Å²) in [5.74, 6) is -4.14. The molecule has 0 spiro atoms. The lowest BCUT2D eigenvalue weighted by atomic mass is 9.94. The number of sulfonamides is 2. The summed E-state index contributed by atoms with van der Waals surface area (Å²) in [7, 11) is -8.84. The Morgan fingerprint density at radius 2 is 0.906 bits per heavy atom. The van der Waals surface area contributed by atoms with Crippen molar-refractivity contribution in [2.24, 2.45) is 26.0 Å². The molecule has 138 heavy (non-hydrogen) atoms. The summed E-state index contributed by atoms with van der Waals surface area (Å²) in [6, 6.07) is 38.6. The molecule has 0 aliphatic rings. The molecule has 0 bridgehead atoms. The zero-order valence-electron chi connectivity index (χ0n) is 80.1. The number of nitrogens with one attached hydrogen (secondary N) is 3. The highest BCUT2D eigenvalue weighted by molar-refractivity contribution is 7.91. The number of ether oxygens (including phenoxy) is 2. The van der Waals surface area contributed by atoms with Gasteiger partial charge in [-0.05, 0) is 194 Å². The van der Waals surface area contributed by atoms with Gasteiger partial charge in [0.2, 0.25) is 20.0 Å². The molecule has 0 aromatic heterocycles. The van der Waals surface area contributed by atoms with Gasteiger partial charge in [0.1, 0.15) is 51.6 Å². The molecule has 51 heteroatoms. The van der Waals surface area contributed by atoms with Gasteiger partial charge in [-0.1, -0.05) is 70.2 Å². The van der Waals surface area contributed by atoms with Gasteiger partial charge in [0, 0.05) is 125 Å². The highest BCUT2D eigenvalue weighted by Gasteiger charge is 2.40. The van der Waals surface area contributed by atoms with Gasteiger partial charge in [0.25, 0.3) is 34.3 Å². The zero-order chi connectivity index (χ0) is 107. The van der Waals surface area contributed by atoms with Crippen molar-refractivity contribution in [1.82, 2.24) is 13.7 Å². The number of sulfone groups is 1. The number of amides is 1. The number of carbonyl (C=O) groups excluding carboxylic acids is 2. The van der Waals surface area contributed by atoms with Crippen molar-refractivity contribution >= 4 is 144 Å². The van der Waals surface area contributed by atoms with Crippen molar-refractivity contribution in [2.45, 2.75) is 168 Å². The SMILES string of the molecule is CC(=N)c1cc([N+](=O)[O-])ccc1F.CC(=N[S@](=O)C(C)(C)C)c1cc([N+](=O)[O-])ccc1F.CC(=O)c1cc([N+](=O)[O-])ccc1F.CC(C)(C)S.CC(C)(C)[S@](N)=O.CCS(=O)(=O)C[C@](C)(N[S@](=O)C(C)(C)C)c1cc([N+](=O)[O-])ccc1F.CNS(=O)(=O)C[C@](C)(N)c1cc([N+](=O)[O-])ccc1F.COc1ccc(CN(C)S(C)(=O)=O)cc1.COc1ccc(CN)cc1.O.O=C(N=C=S)c1ccccc1. The molecule has 0 saturated heterocycles. The number of thiocarbonyl (C=S) groups is 1. The maximum Gasteiger partial charge on any atom is 0.285 e. The number of thiol groups is 1. The zero-order valence-corrected chi connectivity index (χ0v) is 86.7. The molecule has 5 atom stereocenters. The molecule has 0 radical (unpaired) electrons. The number of hydrogen-bond donors (Lipinski definition) is 7. The number of carbonyl (C=O) groups is 2. The van der Waals surface area contributed by atoms with Gasteiger partial charge < -0.3 is 31.8 Å². The number of ketones is 1. The predicted octanol–water partition coefficient (Wildman–Crippen LogP) is 15.4. The van der Waals surface area contributed by atoms with Crippen molar-refractivity contribution in [3.05, 3.63) is 294 Å². The molecule has 0 fully saturated rings. The number of benzene rings is 8. The van der Waals surface area contributed by atoms with Gasteiger partial charge in [0.15, 0.2) is 15.6 Å². The summed E-state index contributed by atoms with van der Waals surface area (Å²) in [6.07, 6.45) is 1.19. The fraction of sp³-hybridized carbons (Fsp3) is 0.391. The normalized spacial score (nSPS) is 12.7. The summed E-state index contributed by atoms with van der Waals surface area (Å²) >= 11 is 8.41. The van der Waals surface area contributed by atoms with Gasteiger partial charge in [0.05, 0.1) is 120 Å². The lowest BCUT2D eigenvalue weighted by Crippen LogP contribution is -2.50. The van der Waals surface area contributed by atoms with Crippen LogP contribution in [0.15, 0.2) is 179 Å². The summed E-state index contributed by atoms with van der Waals surface area (Å²) in [5.41, 5.74) is 8.57. The van der Waals surface area contributed by atoms with Gasteiger partial charge in [-0.15, -0.1) is 0 Å². The average Bonchev–Trinajstić information content (AvgIpc) is 0.786. The van der Waals surface area contributed by atoms with E-state index in [2.05, 4.69) is 64.5 Å². The fourth-order valence-electron chi connectivity index (χ4n) is 9.30. The van der Waals surface area contributed by atoms with E-state index in [1.807, 2.05) is 80.5 Å². The van der Waals surface area contributed by atoms with Crippen LogP contribution in [0.25, 0.3) is 0 Å². The van der Waals surface area contributed by atoms with Crippen LogP contribution in [0.3, 0.4) is 0 Å². The van der Waals surface area contributed by atoms with Crippen molar-refractivity contribution in [3.63, 3.8) is 0 Å². The Morgan fingerprint density at radius 3 is 1.23 bits per heavy atom. The van der Waals surface area contributed by atoms with Gasteiger partial charge in [-0.25, -0.2) is 73.6 Å². The summed E-state index contributed by atoms with van der Waals surface area (Å²) in [6.45, 7) is 31.0. The van der Waals surface area contributed by atoms with E-state index in [0.717, 1.165) is 121 Å². The Kier molecular flexibility index (Phi) is 56.3. The Morgan fingerprint density at radius 1 is 0.558 bits per heavy atom. The van der Waals surface area contributed by atoms with Gasteiger partial charge in [-0.3, -0.25) is 65.3 Å². The van der Waals surface area contributed by atoms with Crippen molar-refractivity contribution < 1.29 is 109 Å². The minimum absolute atomic E-state index is 0. The highest BCUT2D eigenvalue weighted by Crippen LogP contribution is 2.33. The van der Waals surface area contributed by atoms with Crippen LogP contribution in [0.2, 0.25) is 0 Å². The number of hydrogen-bond acceptors (Lipinski definition) is 28. The Labute approximate surface area is 818 Å². The molecule has 11 N–H and O–H groups in total. The third-order valence-corrected chi connectivity index (χ3v) is 26.1. The number of Topliss-reactive ketones (excluding diaryl/α,β-unsaturated/α-hetero) is 1. The first-order chi connectivity index (χ1) is 62.5. The van der Waals surface area contributed by atoms with E-state index in [0.29, 0.717) is 18.7 Å². The first kappa shape index (κ1) is 131. The van der Waals surface area contributed by atoms with E-state index < -0.39 is 154 Å². The van der Waals surface area contributed by atoms with Crippen LogP contribution in [-0.4, -0.2) is 171 Å². The second-order valence-electron chi connectivity index (χ2n) is 33.1. The number of aliphatic imine (C=N–C) groups is 1.